The van der Waals surface area contributed by atoms with Gasteiger partial charge in [0.15, 0.2) is 12.2 Å². The molecule has 1 fully saturated rings. The van der Waals surface area contributed by atoms with Crippen LogP contribution >= 0.6 is 34.8 Å². The van der Waals surface area contributed by atoms with Crippen molar-refractivity contribution >= 4 is 70.4 Å². The largest absolute Gasteiger partial charge is 0.458 e. The molecule has 12 nitrogen and oxygen atoms in total. The lowest BCUT2D eigenvalue weighted by atomic mass is 10.0. The first-order chi connectivity index (χ1) is 23.3. The first kappa shape index (κ1) is 37.3. The van der Waals surface area contributed by atoms with Gasteiger partial charge in [-0.1, -0.05) is 89.4 Å². The third-order valence-corrected chi connectivity index (χ3v) is 7.44. The number of esters is 4. The molecule has 5 atom stereocenters. The molecular weight excluding hydrogens is 705 g/mol. The maximum atomic E-state index is 13.4. The van der Waals surface area contributed by atoms with Crippen LogP contribution in [-0.2, 0) is 38.0 Å². The molecule has 1 aliphatic heterocycles. The Labute approximate surface area is 295 Å². The fourth-order valence-corrected chi connectivity index (χ4v) is 4.66. The molecule has 0 aliphatic carbocycles. The second-order valence-electron chi connectivity index (χ2n) is 10.6. The molecule has 3 aromatic carbocycles. The third-order valence-electron chi connectivity index (χ3n) is 6.92. The van der Waals surface area contributed by atoms with E-state index in [-0.39, 0.29) is 35.3 Å². The Kier molecular flexibility index (Phi) is 13.1. The molecule has 0 aromatic heterocycles. The highest BCUT2D eigenvalue weighted by molar-refractivity contribution is 6.76. The second kappa shape index (κ2) is 17.3. The summed E-state index contributed by atoms with van der Waals surface area (Å²) in [6.07, 6.45) is -8.74. The number of hydrogen-bond donors (Lipinski definition) is 1. The quantitative estimate of drug-likeness (QED) is 0.0757. The van der Waals surface area contributed by atoms with Crippen LogP contribution < -0.4 is 0 Å². The van der Waals surface area contributed by atoms with E-state index in [2.05, 4.69) is 0 Å². The highest BCUT2D eigenvalue weighted by Crippen LogP contribution is 2.35. The van der Waals surface area contributed by atoms with Gasteiger partial charge in [-0.3, -0.25) is 10.2 Å². The zero-order valence-electron chi connectivity index (χ0n) is 25.8. The molecule has 0 amide bonds. The first-order valence-corrected chi connectivity index (χ1v) is 15.9. The van der Waals surface area contributed by atoms with Gasteiger partial charge in [-0.15, -0.1) is 0 Å². The van der Waals surface area contributed by atoms with Gasteiger partial charge in [-0.05, 0) is 43.3 Å². The summed E-state index contributed by atoms with van der Waals surface area (Å²) in [5.74, 6) is -4.73. The number of ketones is 1. The number of carbonyl (C=O) groups is 5. The maximum absolute atomic E-state index is 13.4. The second-order valence-corrected chi connectivity index (χ2v) is 12.9. The van der Waals surface area contributed by atoms with Crippen molar-refractivity contribution in [1.29, 1.82) is 5.41 Å². The van der Waals surface area contributed by atoms with E-state index in [4.69, 9.17) is 68.6 Å². The van der Waals surface area contributed by atoms with Gasteiger partial charge in [0, 0.05) is 6.42 Å². The van der Waals surface area contributed by atoms with Crippen LogP contribution in [0.2, 0.25) is 0 Å². The van der Waals surface area contributed by atoms with Crippen molar-refractivity contribution in [2.75, 3.05) is 6.61 Å². The molecule has 0 saturated carbocycles. The number of Topliss-reactive ketones (excluding diaryl/α,β-unsaturated/α-hetero) is 1. The fourth-order valence-electron chi connectivity index (χ4n) is 4.53. The van der Waals surface area contributed by atoms with Crippen LogP contribution in [0.25, 0.3) is 0 Å². The van der Waals surface area contributed by atoms with Crippen molar-refractivity contribution < 1.29 is 52.4 Å². The monoisotopic (exact) mass is 733 g/mol. The van der Waals surface area contributed by atoms with E-state index in [1.165, 1.54) is 43.3 Å². The van der Waals surface area contributed by atoms with E-state index in [1.54, 1.807) is 54.6 Å². The standard InChI is InChI=1S/C34H30Cl3NO11/c1-20(39)17-18-25(40)46-28-27(47-31(43)23-15-9-4-10-16-23)26(48-32(28)49-33(38)34(35,36)37)24(45-30(42)22-13-7-3-8-14-22)19-44-29(41)21-11-5-2-6-12-21/h2-16,24,26-28,32,38H,17-19H2,1H3/t24-,26+,27+,28-,32+/m1/s1. The Hall–Kier alpha value is -4.49. The Morgan fingerprint density at radius 2 is 1.22 bits per heavy atom. The van der Waals surface area contributed by atoms with E-state index in [1.807, 2.05) is 0 Å². The molecule has 3 aromatic rings. The summed E-state index contributed by atoms with van der Waals surface area (Å²) in [6, 6.07) is 23.5. The smallest absolute Gasteiger partial charge is 0.338 e. The molecule has 0 radical (unpaired) electrons. The van der Waals surface area contributed by atoms with Gasteiger partial charge >= 0.3 is 23.9 Å². The van der Waals surface area contributed by atoms with Crippen LogP contribution in [-0.4, -0.2) is 76.7 Å². The minimum Gasteiger partial charge on any atom is -0.458 e. The summed E-state index contributed by atoms with van der Waals surface area (Å²) < 4.78 is 31.8. The van der Waals surface area contributed by atoms with E-state index >= 15 is 0 Å². The number of benzene rings is 3. The Bertz CT molecular complexity index is 1640. The molecule has 1 heterocycles. The highest BCUT2D eigenvalue weighted by atomic mass is 35.6. The number of halogens is 3. The SMILES string of the molecule is CC(=O)CCC(=O)O[C@H]1[C@H](OC(=N)C(Cl)(Cl)Cl)O[C@@H]([C@@H](COC(=O)c2ccccc2)OC(=O)c2ccccc2)[C@@H]1OC(=O)c1ccccc1. The van der Waals surface area contributed by atoms with Crippen molar-refractivity contribution in [2.24, 2.45) is 0 Å². The average Bonchev–Trinajstić information content (AvgIpc) is 3.41. The predicted molar refractivity (Wildman–Crippen MR) is 176 cm³/mol. The zero-order valence-corrected chi connectivity index (χ0v) is 28.1. The molecule has 4 rings (SSSR count). The van der Waals surface area contributed by atoms with Crippen LogP contribution in [0.4, 0.5) is 0 Å². The lowest BCUT2D eigenvalue weighted by Gasteiger charge is -2.28. The van der Waals surface area contributed by atoms with Crippen molar-refractivity contribution in [1.82, 2.24) is 0 Å². The van der Waals surface area contributed by atoms with Crippen molar-refractivity contribution in [3.8, 4) is 0 Å². The summed E-state index contributed by atoms with van der Waals surface area (Å²) in [4.78, 5) is 64.2. The molecule has 0 spiro atoms. The van der Waals surface area contributed by atoms with E-state index in [0.717, 1.165) is 0 Å². The molecule has 15 heteroatoms. The summed E-state index contributed by atoms with van der Waals surface area (Å²) in [7, 11) is 0. The van der Waals surface area contributed by atoms with Crippen LogP contribution in [0.5, 0.6) is 0 Å². The number of nitrogens with one attached hydrogen (secondary N) is 1. The lowest BCUT2D eigenvalue weighted by molar-refractivity contribution is -0.172. The minimum atomic E-state index is -2.40. The lowest BCUT2D eigenvalue weighted by Crippen LogP contribution is -2.47. The minimum absolute atomic E-state index is 0.0923. The number of alkyl halides is 3. The number of hydrogen-bond acceptors (Lipinski definition) is 12. The molecule has 0 unspecified atom stereocenters. The van der Waals surface area contributed by atoms with Gasteiger partial charge < -0.3 is 33.2 Å². The van der Waals surface area contributed by atoms with Crippen molar-refractivity contribution in [3.05, 3.63) is 108 Å². The first-order valence-electron chi connectivity index (χ1n) is 14.7. The van der Waals surface area contributed by atoms with E-state index in [0.29, 0.717) is 0 Å². The van der Waals surface area contributed by atoms with Gasteiger partial charge in [-0.2, -0.15) is 0 Å². The van der Waals surface area contributed by atoms with E-state index < -0.39 is 70.9 Å². The maximum Gasteiger partial charge on any atom is 0.338 e. The van der Waals surface area contributed by atoms with Crippen molar-refractivity contribution in [2.45, 2.75) is 54.3 Å². The Morgan fingerprint density at radius 1 is 0.714 bits per heavy atom. The van der Waals surface area contributed by atoms with Gasteiger partial charge in [0.05, 0.1) is 23.1 Å². The zero-order chi connectivity index (χ0) is 35.6. The summed E-state index contributed by atoms with van der Waals surface area (Å²) in [5, 5.41) is 8.14. The highest BCUT2D eigenvalue weighted by Gasteiger charge is 2.56. The van der Waals surface area contributed by atoms with Gasteiger partial charge in [0.1, 0.15) is 18.5 Å². The number of carbonyl (C=O) groups excluding carboxylic acids is 5. The van der Waals surface area contributed by atoms with Gasteiger partial charge in [0.25, 0.3) is 3.79 Å². The average molecular weight is 735 g/mol. The summed E-state index contributed by atoms with van der Waals surface area (Å²) in [6.45, 7) is 0.638. The molecule has 0 bridgehead atoms. The molecule has 258 valence electrons. The molecule has 1 saturated heterocycles. The number of ether oxygens (including phenoxy) is 6. The number of rotatable bonds is 13. The predicted octanol–water partition coefficient (Wildman–Crippen LogP) is 5.66. The topological polar surface area (TPSA) is 165 Å². The fraction of sp³-hybridized carbons (Fsp3) is 0.294. The van der Waals surface area contributed by atoms with Crippen LogP contribution in [0.3, 0.4) is 0 Å². The molecular formula is C34H30Cl3NO11. The van der Waals surface area contributed by atoms with Crippen LogP contribution in [0.15, 0.2) is 91.0 Å². The summed E-state index contributed by atoms with van der Waals surface area (Å²) >= 11 is 17.5. The van der Waals surface area contributed by atoms with Gasteiger partial charge in [0.2, 0.25) is 18.3 Å². The van der Waals surface area contributed by atoms with Crippen molar-refractivity contribution in [3.63, 3.8) is 0 Å². The van der Waals surface area contributed by atoms with Crippen LogP contribution in [0.1, 0.15) is 50.8 Å². The molecule has 49 heavy (non-hydrogen) atoms. The molecule has 1 aliphatic rings. The van der Waals surface area contributed by atoms with Gasteiger partial charge in [-0.25, -0.2) is 14.4 Å². The van der Waals surface area contributed by atoms with E-state index in [9.17, 15) is 24.0 Å². The Morgan fingerprint density at radius 3 is 1.73 bits per heavy atom. The Balaban J connectivity index is 1.74. The third kappa shape index (κ3) is 10.8. The molecule has 1 N–H and O–H groups in total. The normalized spacial score (nSPS) is 19.2. The summed E-state index contributed by atoms with van der Waals surface area (Å²) in [5.41, 5.74) is 0.398. The van der Waals surface area contributed by atoms with Crippen LogP contribution in [0, 0.1) is 5.41 Å².